The maximum absolute atomic E-state index is 13.2. The fourth-order valence-electron chi connectivity index (χ4n) is 3.18. The van der Waals surface area contributed by atoms with Crippen LogP contribution >= 0.6 is 0 Å². The lowest BCUT2D eigenvalue weighted by atomic mass is 10.0. The van der Waals surface area contributed by atoms with Gasteiger partial charge in [-0.3, -0.25) is 4.79 Å². The average molecular weight is 421 g/mol. The Kier molecular flexibility index (Phi) is 5.15. The number of nitrogens with zero attached hydrogens (tertiary/aromatic N) is 2. The van der Waals surface area contributed by atoms with Crippen molar-refractivity contribution in [3.8, 4) is 28.4 Å². The normalized spacial score (nSPS) is 17.8. The zero-order chi connectivity index (χ0) is 21.4. The lowest BCUT2D eigenvalue weighted by Crippen LogP contribution is -2.28. The zero-order valence-electron chi connectivity index (χ0n) is 16.1. The lowest BCUT2D eigenvalue weighted by Gasteiger charge is -2.16. The van der Waals surface area contributed by atoms with Crippen LogP contribution in [-0.2, 0) is 0 Å². The van der Waals surface area contributed by atoms with Crippen LogP contribution in [0, 0.1) is 0 Å². The molecule has 1 amide bonds. The molecular weight excluding hydrogens is 403 g/mol. The van der Waals surface area contributed by atoms with Crippen LogP contribution in [0.25, 0.3) is 16.6 Å². The Labute approximate surface area is 169 Å². The molecule has 0 saturated heterocycles. The number of rotatable bonds is 7. The number of nitrogens with one attached hydrogen (secondary N) is 1. The zero-order valence-corrected chi connectivity index (χ0v) is 16.1. The maximum atomic E-state index is 13.2. The summed E-state index contributed by atoms with van der Waals surface area (Å²) in [5.41, 5.74) is 1.51. The fourth-order valence-corrected chi connectivity index (χ4v) is 3.18. The number of methoxy groups -OCH3 is 2. The van der Waals surface area contributed by atoms with Crippen molar-refractivity contribution in [2.75, 3.05) is 14.2 Å². The Bertz CT molecular complexity index is 1100. The summed E-state index contributed by atoms with van der Waals surface area (Å²) in [6, 6.07) is 5.69. The van der Waals surface area contributed by atoms with Crippen molar-refractivity contribution in [3.63, 3.8) is 0 Å². The van der Waals surface area contributed by atoms with E-state index in [1.807, 2.05) is 0 Å². The highest BCUT2D eigenvalue weighted by atomic mass is 19.3. The first-order valence-corrected chi connectivity index (χ1v) is 9.04. The Balaban J connectivity index is 1.80. The molecule has 4 rings (SSSR count). The van der Waals surface area contributed by atoms with Crippen molar-refractivity contribution in [1.82, 2.24) is 14.9 Å². The molecular formula is C20H18F3N3O4. The molecule has 1 N–H and O–H groups in total. The summed E-state index contributed by atoms with van der Waals surface area (Å²) < 4.78 is 55.9. The van der Waals surface area contributed by atoms with E-state index in [1.165, 1.54) is 26.4 Å². The van der Waals surface area contributed by atoms with Gasteiger partial charge in [0.25, 0.3) is 5.91 Å². The summed E-state index contributed by atoms with van der Waals surface area (Å²) in [6.07, 6.45) is 2.25. The molecule has 1 aromatic carbocycles. The van der Waals surface area contributed by atoms with E-state index in [-0.39, 0.29) is 23.5 Å². The molecule has 2 atom stereocenters. The van der Waals surface area contributed by atoms with Gasteiger partial charge >= 0.3 is 6.61 Å². The van der Waals surface area contributed by atoms with Crippen LogP contribution < -0.4 is 19.5 Å². The number of fused-ring (bicyclic) bond motifs is 1. The number of alkyl halides is 3. The minimum Gasteiger partial charge on any atom is -0.496 e. The van der Waals surface area contributed by atoms with Gasteiger partial charge in [-0.05, 0) is 29.8 Å². The van der Waals surface area contributed by atoms with Crippen molar-refractivity contribution >= 4 is 11.4 Å². The van der Waals surface area contributed by atoms with Crippen molar-refractivity contribution in [3.05, 3.63) is 42.2 Å². The second-order valence-corrected chi connectivity index (χ2v) is 6.72. The van der Waals surface area contributed by atoms with Gasteiger partial charge in [-0.1, -0.05) is 0 Å². The van der Waals surface area contributed by atoms with E-state index in [9.17, 15) is 18.0 Å². The van der Waals surface area contributed by atoms with E-state index in [0.717, 1.165) is 0 Å². The lowest BCUT2D eigenvalue weighted by molar-refractivity contribution is -0.0502. The number of hydrogen-bond donors (Lipinski definition) is 1. The number of carbonyl (C=O) groups excluding carboxylic acids is 1. The first-order chi connectivity index (χ1) is 14.4. The number of halogens is 3. The average Bonchev–Trinajstić information content (AvgIpc) is 3.24. The van der Waals surface area contributed by atoms with Crippen LogP contribution in [0.1, 0.15) is 16.8 Å². The molecule has 1 aliphatic rings. The summed E-state index contributed by atoms with van der Waals surface area (Å²) >= 11 is 0. The van der Waals surface area contributed by atoms with Crippen LogP contribution in [0.4, 0.5) is 13.2 Å². The summed E-state index contributed by atoms with van der Waals surface area (Å²) in [7, 11) is 2.83. The van der Waals surface area contributed by atoms with Crippen LogP contribution in [0.5, 0.6) is 17.2 Å². The van der Waals surface area contributed by atoms with Gasteiger partial charge in [-0.2, -0.15) is 13.9 Å². The van der Waals surface area contributed by atoms with Gasteiger partial charge in [-0.15, -0.1) is 0 Å². The van der Waals surface area contributed by atoms with Gasteiger partial charge in [0, 0.05) is 12.0 Å². The van der Waals surface area contributed by atoms with Gasteiger partial charge in [0.2, 0.25) is 0 Å². The highest BCUT2D eigenvalue weighted by Gasteiger charge is 2.40. The van der Waals surface area contributed by atoms with Crippen LogP contribution in [0.3, 0.4) is 0 Å². The number of hydrogen-bond acceptors (Lipinski definition) is 5. The quantitative estimate of drug-likeness (QED) is 0.633. The van der Waals surface area contributed by atoms with Gasteiger partial charge < -0.3 is 19.5 Å². The first kappa shape index (κ1) is 19.9. The predicted octanol–water partition coefficient (Wildman–Crippen LogP) is 3.46. The molecule has 1 aliphatic carbocycles. The molecule has 10 heteroatoms. The highest BCUT2D eigenvalue weighted by molar-refractivity contribution is 6.01. The van der Waals surface area contributed by atoms with Gasteiger partial charge in [-0.25, -0.2) is 8.91 Å². The Hall–Kier alpha value is -3.43. The summed E-state index contributed by atoms with van der Waals surface area (Å²) in [4.78, 5) is 12.6. The molecule has 0 aliphatic heterocycles. The number of amides is 1. The molecule has 0 radical (unpaired) electrons. The minimum atomic E-state index is -3.17. The van der Waals surface area contributed by atoms with Gasteiger partial charge in [0.05, 0.1) is 38.2 Å². The molecule has 2 aromatic heterocycles. The van der Waals surface area contributed by atoms with E-state index in [2.05, 4.69) is 15.2 Å². The third-order valence-corrected chi connectivity index (χ3v) is 4.79. The molecule has 1 fully saturated rings. The van der Waals surface area contributed by atoms with E-state index < -0.39 is 24.7 Å². The largest absolute Gasteiger partial charge is 0.496 e. The molecule has 0 spiro atoms. The molecule has 30 heavy (non-hydrogen) atoms. The molecule has 3 aromatic rings. The molecule has 7 nitrogen and oxygen atoms in total. The molecule has 0 bridgehead atoms. The molecule has 1 saturated carbocycles. The van der Waals surface area contributed by atoms with Gasteiger partial charge in [0.15, 0.2) is 0 Å². The van der Waals surface area contributed by atoms with Crippen molar-refractivity contribution in [1.29, 1.82) is 0 Å². The highest BCUT2D eigenvalue weighted by Crippen LogP contribution is 2.38. The SMILES string of the molecule is COc1ccc2c(-c3cc(OC)c(C(=O)NC4CC4F)c(OC(F)F)c3)cnn2c1. The topological polar surface area (TPSA) is 74.1 Å². The summed E-state index contributed by atoms with van der Waals surface area (Å²) in [6.45, 7) is -3.17. The molecule has 158 valence electrons. The number of ether oxygens (including phenoxy) is 3. The molecule has 2 unspecified atom stereocenters. The second-order valence-electron chi connectivity index (χ2n) is 6.72. The van der Waals surface area contributed by atoms with E-state index in [4.69, 9.17) is 9.47 Å². The summed E-state index contributed by atoms with van der Waals surface area (Å²) in [5, 5.41) is 6.70. The first-order valence-electron chi connectivity index (χ1n) is 9.04. The van der Waals surface area contributed by atoms with Crippen LogP contribution in [0.2, 0.25) is 0 Å². The van der Waals surface area contributed by atoms with Crippen molar-refractivity contribution in [2.24, 2.45) is 0 Å². The van der Waals surface area contributed by atoms with E-state index >= 15 is 0 Å². The Morgan fingerprint density at radius 2 is 1.97 bits per heavy atom. The summed E-state index contributed by atoms with van der Waals surface area (Å²) in [5.74, 6) is -0.510. The van der Waals surface area contributed by atoms with Gasteiger partial charge in [0.1, 0.15) is 29.0 Å². The number of benzene rings is 1. The third kappa shape index (κ3) is 3.72. The number of aromatic nitrogens is 2. The van der Waals surface area contributed by atoms with Crippen LogP contribution in [0.15, 0.2) is 36.7 Å². The van der Waals surface area contributed by atoms with Crippen molar-refractivity contribution < 1.29 is 32.2 Å². The van der Waals surface area contributed by atoms with E-state index in [0.29, 0.717) is 22.4 Å². The standard InChI is InChI=1S/C20H18F3N3O4/c1-28-11-3-4-15-12(8-24-26(15)9-11)10-5-16(29-2)18(17(6-10)30-20(22)23)19(27)25-14-7-13(14)21/h3-6,8-9,13-14,20H,7H2,1-2H3,(H,25,27). The maximum Gasteiger partial charge on any atom is 0.387 e. The molecule has 2 heterocycles. The Morgan fingerprint density at radius 3 is 2.60 bits per heavy atom. The smallest absolute Gasteiger partial charge is 0.387 e. The minimum absolute atomic E-state index is 0.0181. The predicted molar refractivity (Wildman–Crippen MR) is 101 cm³/mol. The number of pyridine rings is 1. The Morgan fingerprint density at radius 1 is 1.23 bits per heavy atom. The van der Waals surface area contributed by atoms with Crippen molar-refractivity contribution in [2.45, 2.75) is 25.2 Å². The van der Waals surface area contributed by atoms with Crippen LogP contribution in [-0.4, -0.2) is 48.6 Å². The fraction of sp³-hybridized carbons (Fsp3) is 0.300. The third-order valence-electron chi connectivity index (χ3n) is 4.79. The second kappa shape index (κ2) is 7.77. The monoisotopic (exact) mass is 421 g/mol. The number of carbonyl (C=O) groups is 1. The van der Waals surface area contributed by atoms with E-state index in [1.54, 1.807) is 29.0 Å².